The smallest absolute Gasteiger partial charge is 0.330 e. The lowest BCUT2D eigenvalue weighted by Gasteiger charge is -2.39. The number of nitrogens with one attached hydrogen (secondary N) is 1. The second kappa shape index (κ2) is 8.91. The molecular weight excluding hydrogens is 336 g/mol. The van der Waals surface area contributed by atoms with Gasteiger partial charge in [0.15, 0.2) is 5.41 Å². The van der Waals surface area contributed by atoms with Crippen molar-refractivity contribution in [2.45, 2.75) is 44.6 Å². The average Bonchev–Trinajstić information content (AvgIpc) is 2.64. The number of aliphatic hydroxyl groups excluding tert-OH is 1. The summed E-state index contributed by atoms with van der Waals surface area (Å²) in [5.74, 6) is -1.25. The van der Waals surface area contributed by atoms with Gasteiger partial charge in [-0.3, -0.25) is 19.8 Å². The molecule has 142 valence electrons. The van der Waals surface area contributed by atoms with Gasteiger partial charge in [0.05, 0.1) is 19.3 Å². The molecule has 2 atom stereocenters. The molecule has 1 aliphatic rings. The van der Waals surface area contributed by atoms with Crippen molar-refractivity contribution < 1.29 is 24.2 Å². The summed E-state index contributed by atoms with van der Waals surface area (Å²) in [5.41, 5.74) is -0.950. The summed E-state index contributed by atoms with van der Waals surface area (Å²) >= 11 is 0. The number of aliphatic hydroxyl groups is 1. The number of urea groups is 1. The molecule has 2 rings (SSSR count). The number of β-amino-alcohol motifs (C(OH)–C–C–N with tert-alkyl or cyclic N) is 1. The molecule has 1 saturated heterocycles. The van der Waals surface area contributed by atoms with E-state index in [0.29, 0.717) is 12.2 Å². The van der Waals surface area contributed by atoms with Crippen LogP contribution in [-0.2, 0) is 19.7 Å². The van der Waals surface area contributed by atoms with Crippen LogP contribution in [0.5, 0.6) is 0 Å². The van der Waals surface area contributed by atoms with Gasteiger partial charge in [-0.05, 0) is 18.4 Å². The van der Waals surface area contributed by atoms with Gasteiger partial charge in [-0.25, -0.2) is 4.79 Å². The number of unbranched alkanes of at least 4 members (excludes halogenated alkanes) is 1. The topological polar surface area (TPSA) is 95.9 Å². The summed E-state index contributed by atoms with van der Waals surface area (Å²) in [4.78, 5) is 38.8. The fourth-order valence-electron chi connectivity index (χ4n) is 3.08. The molecule has 0 saturated carbocycles. The maximum absolute atomic E-state index is 13.1. The van der Waals surface area contributed by atoms with E-state index in [4.69, 9.17) is 4.74 Å². The molecule has 0 radical (unpaired) electrons. The Morgan fingerprint density at radius 3 is 2.50 bits per heavy atom. The first-order valence-electron chi connectivity index (χ1n) is 8.96. The SMILES string of the molecule is CCCCOCC(O)CN1C(=O)NC(=O)C(CC)(c2ccccc2)C1=O. The van der Waals surface area contributed by atoms with Crippen LogP contribution in [0.2, 0.25) is 0 Å². The van der Waals surface area contributed by atoms with Gasteiger partial charge in [0.2, 0.25) is 5.91 Å². The highest BCUT2D eigenvalue weighted by molar-refractivity contribution is 6.22. The molecule has 1 aromatic carbocycles. The summed E-state index contributed by atoms with van der Waals surface area (Å²) < 4.78 is 5.35. The minimum Gasteiger partial charge on any atom is -0.389 e. The van der Waals surface area contributed by atoms with Crippen molar-refractivity contribution in [3.8, 4) is 0 Å². The van der Waals surface area contributed by atoms with Crippen LogP contribution in [-0.4, -0.2) is 53.7 Å². The molecule has 2 N–H and O–H groups in total. The summed E-state index contributed by atoms with van der Waals surface area (Å²) in [6, 6.07) is 7.85. The first kappa shape index (κ1) is 20.1. The molecule has 0 bridgehead atoms. The molecular formula is C19H26N2O5. The van der Waals surface area contributed by atoms with Gasteiger partial charge in [0.1, 0.15) is 0 Å². The predicted molar refractivity (Wildman–Crippen MR) is 95.4 cm³/mol. The molecule has 7 heteroatoms. The lowest BCUT2D eigenvalue weighted by Crippen LogP contribution is -2.66. The Labute approximate surface area is 153 Å². The van der Waals surface area contributed by atoms with E-state index in [0.717, 1.165) is 17.7 Å². The van der Waals surface area contributed by atoms with Crippen LogP contribution in [0.15, 0.2) is 30.3 Å². The van der Waals surface area contributed by atoms with Gasteiger partial charge in [0.25, 0.3) is 5.91 Å². The highest BCUT2D eigenvalue weighted by atomic mass is 16.5. The van der Waals surface area contributed by atoms with E-state index in [1.54, 1.807) is 37.3 Å². The number of imide groups is 2. The van der Waals surface area contributed by atoms with Crippen molar-refractivity contribution in [1.29, 1.82) is 0 Å². The first-order valence-corrected chi connectivity index (χ1v) is 8.96. The summed E-state index contributed by atoms with van der Waals surface area (Å²) in [5, 5.41) is 12.4. The van der Waals surface area contributed by atoms with E-state index in [1.165, 1.54) is 0 Å². The van der Waals surface area contributed by atoms with E-state index in [2.05, 4.69) is 5.32 Å². The van der Waals surface area contributed by atoms with Crippen LogP contribution in [0, 0.1) is 0 Å². The van der Waals surface area contributed by atoms with Crippen molar-refractivity contribution in [3.63, 3.8) is 0 Å². The normalized spacial score (nSPS) is 21.7. The zero-order valence-electron chi connectivity index (χ0n) is 15.2. The second-order valence-corrected chi connectivity index (χ2v) is 6.38. The molecule has 2 unspecified atom stereocenters. The Kier molecular flexibility index (Phi) is 6.88. The Morgan fingerprint density at radius 1 is 1.19 bits per heavy atom. The number of barbiturate groups is 1. The Balaban J connectivity index is 2.19. The fraction of sp³-hybridized carbons (Fsp3) is 0.526. The maximum Gasteiger partial charge on any atom is 0.330 e. The minimum atomic E-state index is -1.47. The molecule has 7 nitrogen and oxygen atoms in total. The third-order valence-corrected chi connectivity index (χ3v) is 4.61. The van der Waals surface area contributed by atoms with Crippen molar-refractivity contribution in [2.75, 3.05) is 19.8 Å². The van der Waals surface area contributed by atoms with E-state index in [1.807, 2.05) is 6.92 Å². The molecule has 4 amide bonds. The van der Waals surface area contributed by atoms with Gasteiger partial charge in [-0.2, -0.15) is 0 Å². The van der Waals surface area contributed by atoms with Crippen LogP contribution < -0.4 is 5.32 Å². The van der Waals surface area contributed by atoms with Crippen LogP contribution in [0.25, 0.3) is 0 Å². The predicted octanol–water partition coefficient (Wildman–Crippen LogP) is 1.59. The number of carbonyl (C=O) groups excluding carboxylic acids is 3. The van der Waals surface area contributed by atoms with Gasteiger partial charge in [0, 0.05) is 6.61 Å². The average molecular weight is 362 g/mol. The monoisotopic (exact) mass is 362 g/mol. The van der Waals surface area contributed by atoms with Gasteiger partial charge < -0.3 is 9.84 Å². The van der Waals surface area contributed by atoms with Gasteiger partial charge in [-0.15, -0.1) is 0 Å². The molecule has 0 aliphatic carbocycles. The lowest BCUT2D eigenvalue weighted by molar-refractivity contribution is -0.146. The summed E-state index contributed by atoms with van der Waals surface area (Å²) in [6.45, 7) is 4.06. The molecule has 1 aliphatic heterocycles. The molecule has 1 heterocycles. The van der Waals surface area contributed by atoms with Crippen LogP contribution in [0.3, 0.4) is 0 Å². The molecule has 1 aromatic rings. The van der Waals surface area contributed by atoms with Crippen LogP contribution >= 0.6 is 0 Å². The number of amides is 4. The van der Waals surface area contributed by atoms with E-state index < -0.39 is 29.4 Å². The number of ether oxygens (including phenoxy) is 1. The van der Waals surface area contributed by atoms with Gasteiger partial charge >= 0.3 is 6.03 Å². The van der Waals surface area contributed by atoms with Crippen LogP contribution in [0.1, 0.15) is 38.7 Å². The second-order valence-electron chi connectivity index (χ2n) is 6.38. The van der Waals surface area contributed by atoms with Crippen molar-refractivity contribution in [2.24, 2.45) is 0 Å². The number of nitrogens with zero attached hydrogens (tertiary/aromatic N) is 1. The highest BCUT2D eigenvalue weighted by Crippen LogP contribution is 2.33. The van der Waals surface area contributed by atoms with E-state index in [9.17, 15) is 19.5 Å². The summed E-state index contributed by atoms with van der Waals surface area (Å²) in [7, 11) is 0. The zero-order valence-corrected chi connectivity index (χ0v) is 15.2. The number of carbonyl (C=O) groups is 3. The molecule has 0 aromatic heterocycles. The fourth-order valence-corrected chi connectivity index (χ4v) is 3.08. The number of hydrogen-bond donors (Lipinski definition) is 2. The number of hydrogen-bond acceptors (Lipinski definition) is 5. The largest absolute Gasteiger partial charge is 0.389 e. The molecule has 0 spiro atoms. The van der Waals surface area contributed by atoms with E-state index in [-0.39, 0.29) is 19.6 Å². The zero-order chi connectivity index (χ0) is 19.2. The minimum absolute atomic E-state index is 0.0233. The highest BCUT2D eigenvalue weighted by Gasteiger charge is 2.54. The quantitative estimate of drug-likeness (QED) is 0.514. The number of benzene rings is 1. The summed E-state index contributed by atoms with van der Waals surface area (Å²) in [6.07, 6.45) is 1.03. The molecule has 1 fully saturated rings. The van der Waals surface area contributed by atoms with Crippen molar-refractivity contribution in [1.82, 2.24) is 10.2 Å². The molecule has 26 heavy (non-hydrogen) atoms. The van der Waals surface area contributed by atoms with E-state index >= 15 is 0 Å². The van der Waals surface area contributed by atoms with Crippen molar-refractivity contribution in [3.05, 3.63) is 35.9 Å². The van der Waals surface area contributed by atoms with Crippen molar-refractivity contribution >= 4 is 17.8 Å². The Bertz CT molecular complexity index is 649. The van der Waals surface area contributed by atoms with Gasteiger partial charge in [-0.1, -0.05) is 50.6 Å². The third-order valence-electron chi connectivity index (χ3n) is 4.61. The first-order chi connectivity index (χ1) is 12.5. The third kappa shape index (κ3) is 3.94. The maximum atomic E-state index is 13.1. The number of rotatable bonds is 9. The Morgan fingerprint density at radius 2 is 1.88 bits per heavy atom. The van der Waals surface area contributed by atoms with Crippen LogP contribution in [0.4, 0.5) is 4.79 Å². The Hall–Kier alpha value is -2.25. The lowest BCUT2D eigenvalue weighted by atomic mass is 9.74. The standard InChI is InChI=1S/C19H26N2O5/c1-3-5-11-26-13-15(22)12-21-17(24)19(4-2,16(23)20-18(21)25)14-9-7-6-8-10-14/h6-10,15,22H,3-5,11-13H2,1-2H3,(H,20,23,25).